The Hall–Kier alpha value is -2.44. The Kier molecular flexibility index (Phi) is 2.70. The number of halogens is 2. The Morgan fingerprint density at radius 1 is 1.35 bits per heavy atom. The maximum absolute atomic E-state index is 13.7. The van der Waals surface area contributed by atoms with Gasteiger partial charge in [-0.25, -0.2) is 18.7 Å². The summed E-state index contributed by atoms with van der Waals surface area (Å²) in [5.41, 5.74) is 6.10. The van der Waals surface area contributed by atoms with Gasteiger partial charge in [-0.1, -0.05) is 0 Å². The molecule has 2 aromatic heterocycles. The molecule has 7 heteroatoms. The first-order valence-corrected chi connectivity index (χ1v) is 6.02. The highest BCUT2D eigenvalue weighted by Crippen LogP contribution is 2.28. The highest BCUT2D eigenvalue weighted by molar-refractivity contribution is 5.79. The number of fused-ring (bicyclic) bond motifs is 1. The minimum Gasteiger partial charge on any atom is -0.444 e. The van der Waals surface area contributed by atoms with Crippen molar-refractivity contribution in [2.75, 3.05) is 5.73 Å². The largest absolute Gasteiger partial charge is 0.444 e. The summed E-state index contributed by atoms with van der Waals surface area (Å²) in [6.07, 6.45) is 1.57. The third kappa shape index (κ3) is 1.82. The van der Waals surface area contributed by atoms with Gasteiger partial charge in [0.2, 0.25) is 11.8 Å². The zero-order valence-corrected chi connectivity index (χ0v) is 10.9. The van der Waals surface area contributed by atoms with E-state index in [1.165, 1.54) is 10.6 Å². The zero-order valence-electron chi connectivity index (χ0n) is 10.9. The van der Waals surface area contributed by atoms with Crippen LogP contribution in [0.1, 0.15) is 24.6 Å². The van der Waals surface area contributed by atoms with Crippen molar-refractivity contribution in [3.05, 3.63) is 41.6 Å². The number of hydrogen-bond donors (Lipinski definition) is 1. The summed E-state index contributed by atoms with van der Waals surface area (Å²) < 4.78 is 34.0. The number of rotatable bonds is 2. The molecule has 0 radical (unpaired) electrons. The van der Waals surface area contributed by atoms with Gasteiger partial charge in [0.1, 0.15) is 23.1 Å². The molecule has 1 unspecified atom stereocenters. The van der Waals surface area contributed by atoms with Gasteiger partial charge in [-0.15, -0.1) is 0 Å². The Balaban J connectivity index is 2.23. The first-order valence-electron chi connectivity index (χ1n) is 6.02. The van der Waals surface area contributed by atoms with Crippen molar-refractivity contribution >= 4 is 17.0 Å². The lowest BCUT2D eigenvalue weighted by Crippen LogP contribution is -2.10. The molecule has 3 aromatic rings. The van der Waals surface area contributed by atoms with Crippen molar-refractivity contribution in [3.63, 3.8) is 0 Å². The van der Waals surface area contributed by atoms with E-state index in [-0.39, 0.29) is 17.0 Å². The van der Waals surface area contributed by atoms with E-state index in [0.29, 0.717) is 11.7 Å². The fraction of sp³-hybridized carbons (Fsp3) is 0.231. The Morgan fingerprint density at radius 3 is 2.75 bits per heavy atom. The molecule has 2 heterocycles. The maximum Gasteiger partial charge on any atom is 0.217 e. The average Bonchev–Trinajstić information content (AvgIpc) is 2.92. The number of anilines is 1. The van der Waals surface area contributed by atoms with Crippen LogP contribution in [0.25, 0.3) is 11.0 Å². The molecule has 0 saturated carbocycles. The number of oxazole rings is 1. The third-order valence-electron chi connectivity index (χ3n) is 3.12. The molecule has 0 aliphatic heterocycles. The monoisotopic (exact) mass is 278 g/mol. The van der Waals surface area contributed by atoms with Gasteiger partial charge in [-0.3, -0.25) is 4.57 Å². The molecule has 1 aromatic carbocycles. The fourth-order valence-electron chi connectivity index (χ4n) is 2.22. The van der Waals surface area contributed by atoms with Crippen molar-refractivity contribution in [2.45, 2.75) is 19.9 Å². The summed E-state index contributed by atoms with van der Waals surface area (Å²) in [7, 11) is 0. The number of aromatic nitrogens is 3. The molecule has 0 aliphatic rings. The molecular weight excluding hydrogens is 266 g/mol. The summed E-state index contributed by atoms with van der Waals surface area (Å²) in [5, 5.41) is 0. The van der Waals surface area contributed by atoms with Gasteiger partial charge >= 0.3 is 0 Å². The molecule has 3 rings (SSSR count). The molecule has 2 N–H and O–H groups in total. The summed E-state index contributed by atoms with van der Waals surface area (Å²) >= 11 is 0. The number of nitrogens with two attached hydrogens (primary N) is 1. The predicted molar refractivity (Wildman–Crippen MR) is 69.1 cm³/mol. The molecule has 0 amide bonds. The number of nitrogens with zero attached hydrogens (tertiary/aromatic N) is 3. The van der Waals surface area contributed by atoms with Crippen LogP contribution in [0.2, 0.25) is 0 Å². The molecule has 5 nitrogen and oxygen atoms in total. The van der Waals surface area contributed by atoms with Crippen LogP contribution in [0.15, 0.2) is 22.7 Å². The van der Waals surface area contributed by atoms with E-state index in [4.69, 9.17) is 10.2 Å². The lowest BCUT2D eigenvalue weighted by molar-refractivity contribution is 0.421. The lowest BCUT2D eigenvalue weighted by Gasteiger charge is -2.12. The van der Waals surface area contributed by atoms with E-state index in [1.54, 1.807) is 20.0 Å². The van der Waals surface area contributed by atoms with Crippen LogP contribution >= 0.6 is 0 Å². The molecule has 0 saturated heterocycles. The lowest BCUT2D eigenvalue weighted by atomic mass is 10.2. The van der Waals surface area contributed by atoms with Crippen LogP contribution in [-0.2, 0) is 0 Å². The van der Waals surface area contributed by atoms with Gasteiger partial charge in [0.25, 0.3) is 0 Å². The van der Waals surface area contributed by atoms with Crippen LogP contribution < -0.4 is 5.73 Å². The van der Waals surface area contributed by atoms with E-state index >= 15 is 0 Å². The minimum atomic E-state index is -0.749. The molecule has 0 aliphatic carbocycles. The average molecular weight is 278 g/mol. The molecule has 1 atom stereocenters. The van der Waals surface area contributed by atoms with E-state index in [1.807, 2.05) is 0 Å². The first-order chi connectivity index (χ1) is 9.47. The smallest absolute Gasteiger partial charge is 0.217 e. The van der Waals surface area contributed by atoms with Gasteiger partial charge in [-0.2, -0.15) is 0 Å². The van der Waals surface area contributed by atoms with Crippen LogP contribution in [0.3, 0.4) is 0 Å². The molecule has 0 bridgehead atoms. The quantitative estimate of drug-likeness (QED) is 0.782. The summed E-state index contributed by atoms with van der Waals surface area (Å²) in [6.45, 7) is 3.53. The van der Waals surface area contributed by atoms with Crippen LogP contribution in [0.4, 0.5) is 14.7 Å². The highest BCUT2D eigenvalue weighted by Gasteiger charge is 2.21. The third-order valence-corrected chi connectivity index (χ3v) is 3.12. The SMILES string of the molecule is Cc1cnc(C(C)n2c(N)nc3c(F)cc(F)cc32)o1. The number of imidazole rings is 1. The molecule has 20 heavy (non-hydrogen) atoms. The number of benzene rings is 1. The second kappa shape index (κ2) is 4.29. The fourth-order valence-corrected chi connectivity index (χ4v) is 2.22. The van der Waals surface area contributed by atoms with Crippen LogP contribution in [0.5, 0.6) is 0 Å². The van der Waals surface area contributed by atoms with Crippen LogP contribution in [-0.4, -0.2) is 14.5 Å². The van der Waals surface area contributed by atoms with Gasteiger partial charge in [0.05, 0.1) is 11.7 Å². The van der Waals surface area contributed by atoms with Crippen molar-refractivity contribution < 1.29 is 13.2 Å². The Labute approximate surface area is 113 Å². The number of aryl methyl sites for hydroxylation is 1. The van der Waals surface area contributed by atoms with E-state index in [9.17, 15) is 8.78 Å². The number of nitrogen functional groups attached to an aromatic ring is 1. The summed E-state index contributed by atoms with van der Waals surface area (Å²) in [4.78, 5) is 8.04. The van der Waals surface area contributed by atoms with Gasteiger partial charge in [0, 0.05) is 12.1 Å². The second-order valence-corrected chi connectivity index (χ2v) is 4.58. The zero-order chi connectivity index (χ0) is 14.4. The topological polar surface area (TPSA) is 69.9 Å². The van der Waals surface area contributed by atoms with Crippen molar-refractivity contribution in [2.24, 2.45) is 0 Å². The standard InChI is InChI=1S/C13H12F2N4O/c1-6-5-17-12(20-6)7(2)19-10-4-8(14)3-9(15)11(10)18-13(19)16/h3-5,7H,1-2H3,(H2,16,18). The highest BCUT2D eigenvalue weighted by atomic mass is 19.1. The van der Waals surface area contributed by atoms with Gasteiger partial charge in [-0.05, 0) is 13.8 Å². The van der Waals surface area contributed by atoms with Crippen molar-refractivity contribution in [1.29, 1.82) is 0 Å². The van der Waals surface area contributed by atoms with Crippen LogP contribution in [0, 0.1) is 18.6 Å². The normalized spacial score (nSPS) is 13.0. The maximum atomic E-state index is 13.7. The predicted octanol–water partition coefficient (Wildman–Crippen LogP) is 2.80. The van der Waals surface area contributed by atoms with E-state index < -0.39 is 17.7 Å². The minimum absolute atomic E-state index is 0.0269. The summed E-state index contributed by atoms with van der Waals surface area (Å²) in [5.74, 6) is -0.314. The first kappa shape index (κ1) is 12.6. The summed E-state index contributed by atoms with van der Waals surface area (Å²) in [6, 6.07) is 1.54. The number of hydrogen-bond acceptors (Lipinski definition) is 4. The Bertz CT molecular complexity index is 793. The van der Waals surface area contributed by atoms with E-state index in [0.717, 1.165) is 6.07 Å². The van der Waals surface area contributed by atoms with E-state index in [2.05, 4.69) is 9.97 Å². The van der Waals surface area contributed by atoms with Gasteiger partial charge < -0.3 is 10.2 Å². The van der Waals surface area contributed by atoms with Crippen molar-refractivity contribution in [3.8, 4) is 0 Å². The van der Waals surface area contributed by atoms with Gasteiger partial charge in [0.15, 0.2) is 5.82 Å². The second-order valence-electron chi connectivity index (χ2n) is 4.58. The molecular formula is C13H12F2N4O. The molecule has 0 fully saturated rings. The Morgan fingerprint density at radius 2 is 2.10 bits per heavy atom. The molecule has 104 valence electrons. The van der Waals surface area contributed by atoms with Crippen molar-refractivity contribution in [1.82, 2.24) is 14.5 Å². The molecule has 0 spiro atoms.